The van der Waals surface area contributed by atoms with Crippen molar-refractivity contribution in [2.75, 3.05) is 7.11 Å². The molecule has 3 rings (SSSR count). The zero-order valence-corrected chi connectivity index (χ0v) is 20.0. The van der Waals surface area contributed by atoms with E-state index in [1.807, 2.05) is 24.3 Å². The molecule has 2 aromatic rings. The Hall–Kier alpha value is -2.10. The number of hydrogen-bond acceptors (Lipinski definition) is 6. The number of esters is 1. The molecular formula is C21H17Br2NO5S. The summed E-state index contributed by atoms with van der Waals surface area (Å²) in [5.74, 6) is -0.509. The van der Waals surface area contributed by atoms with Crippen LogP contribution in [0.2, 0.25) is 0 Å². The molecule has 1 aliphatic rings. The first-order valence-electron chi connectivity index (χ1n) is 8.82. The van der Waals surface area contributed by atoms with Crippen LogP contribution in [0, 0.1) is 0 Å². The Bertz CT molecular complexity index is 1020. The third kappa shape index (κ3) is 5.14. The lowest BCUT2D eigenvalue weighted by atomic mass is 10.2. The van der Waals surface area contributed by atoms with Gasteiger partial charge in [-0.05, 0) is 76.1 Å². The van der Waals surface area contributed by atoms with E-state index >= 15 is 0 Å². The Morgan fingerprint density at radius 3 is 2.50 bits per heavy atom. The smallest absolute Gasteiger partial charge is 0.328 e. The van der Waals surface area contributed by atoms with Crippen molar-refractivity contribution in [3.63, 3.8) is 0 Å². The fourth-order valence-corrected chi connectivity index (χ4v) is 4.39. The normalized spacial score (nSPS) is 16.1. The molecule has 0 saturated carbocycles. The number of carbonyl (C=O) groups excluding carboxylic acids is 3. The summed E-state index contributed by atoms with van der Waals surface area (Å²) in [5, 5.41) is -0.502. The number of methoxy groups -OCH3 is 1. The topological polar surface area (TPSA) is 72.9 Å². The van der Waals surface area contributed by atoms with Gasteiger partial charge in [0.1, 0.15) is 18.4 Å². The van der Waals surface area contributed by atoms with E-state index in [4.69, 9.17) is 4.74 Å². The van der Waals surface area contributed by atoms with Crippen molar-refractivity contribution in [1.29, 1.82) is 0 Å². The number of benzene rings is 2. The highest BCUT2D eigenvalue weighted by Gasteiger charge is 2.41. The van der Waals surface area contributed by atoms with Crippen molar-refractivity contribution >= 4 is 66.8 Å². The molecule has 1 heterocycles. The lowest BCUT2D eigenvalue weighted by Gasteiger charge is -2.18. The molecule has 156 valence electrons. The van der Waals surface area contributed by atoms with Crippen LogP contribution in [0.4, 0.5) is 4.79 Å². The van der Waals surface area contributed by atoms with Crippen molar-refractivity contribution in [1.82, 2.24) is 4.90 Å². The van der Waals surface area contributed by atoms with Gasteiger partial charge < -0.3 is 9.47 Å². The summed E-state index contributed by atoms with van der Waals surface area (Å²) < 4.78 is 12.2. The molecule has 2 amide bonds. The van der Waals surface area contributed by atoms with Crippen LogP contribution >= 0.6 is 43.6 Å². The molecule has 30 heavy (non-hydrogen) atoms. The molecule has 2 aromatic carbocycles. The second kappa shape index (κ2) is 9.80. The van der Waals surface area contributed by atoms with Gasteiger partial charge in [-0.25, -0.2) is 4.79 Å². The van der Waals surface area contributed by atoms with Crippen LogP contribution in [0.3, 0.4) is 0 Å². The maximum absolute atomic E-state index is 12.6. The van der Waals surface area contributed by atoms with Crippen molar-refractivity contribution in [3.8, 4) is 5.75 Å². The molecule has 9 heteroatoms. The predicted molar refractivity (Wildman–Crippen MR) is 122 cm³/mol. The first-order valence-corrected chi connectivity index (χ1v) is 11.2. The van der Waals surface area contributed by atoms with Gasteiger partial charge in [0.25, 0.3) is 11.1 Å². The quantitative estimate of drug-likeness (QED) is 0.352. The molecule has 0 spiro atoms. The minimum atomic E-state index is -0.977. The van der Waals surface area contributed by atoms with Gasteiger partial charge in [0, 0.05) is 4.47 Å². The lowest BCUT2D eigenvalue weighted by molar-refractivity contribution is -0.148. The maximum atomic E-state index is 12.6. The van der Waals surface area contributed by atoms with E-state index < -0.39 is 23.2 Å². The zero-order valence-electron chi connectivity index (χ0n) is 16.1. The number of rotatable bonds is 6. The summed E-state index contributed by atoms with van der Waals surface area (Å²) in [6.45, 7) is 1.87. The number of imide groups is 1. The van der Waals surface area contributed by atoms with E-state index in [0.717, 1.165) is 31.2 Å². The van der Waals surface area contributed by atoms with Gasteiger partial charge in [0.2, 0.25) is 0 Å². The minimum Gasteiger partial charge on any atom is -0.488 e. The largest absolute Gasteiger partial charge is 0.488 e. The number of ether oxygens (including phenoxy) is 2. The Labute approximate surface area is 194 Å². The highest BCUT2D eigenvalue weighted by atomic mass is 79.9. The monoisotopic (exact) mass is 553 g/mol. The van der Waals surface area contributed by atoms with E-state index in [-0.39, 0.29) is 4.91 Å². The Morgan fingerprint density at radius 1 is 1.17 bits per heavy atom. The molecule has 1 fully saturated rings. The summed E-state index contributed by atoms with van der Waals surface area (Å²) in [4.78, 5) is 37.6. The molecule has 0 radical (unpaired) electrons. The van der Waals surface area contributed by atoms with Crippen LogP contribution in [0.5, 0.6) is 5.75 Å². The summed E-state index contributed by atoms with van der Waals surface area (Å²) in [6, 6.07) is 12.2. The van der Waals surface area contributed by atoms with E-state index in [1.165, 1.54) is 14.0 Å². The molecule has 0 bridgehead atoms. The molecule has 1 saturated heterocycles. The molecule has 0 aliphatic carbocycles. The minimum absolute atomic E-state index is 0.242. The zero-order chi connectivity index (χ0) is 21.8. The van der Waals surface area contributed by atoms with Crippen molar-refractivity contribution in [2.45, 2.75) is 19.6 Å². The molecular weight excluding hydrogens is 538 g/mol. The third-order valence-corrected chi connectivity index (χ3v) is 6.35. The van der Waals surface area contributed by atoms with E-state index in [9.17, 15) is 14.4 Å². The average molecular weight is 555 g/mol. The molecule has 1 atom stereocenters. The van der Waals surface area contributed by atoms with E-state index in [2.05, 4.69) is 36.6 Å². The van der Waals surface area contributed by atoms with Crippen LogP contribution in [0.1, 0.15) is 18.1 Å². The fraction of sp³-hybridized carbons (Fsp3) is 0.190. The van der Waals surface area contributed by atoms with Gasteiger partial charge in [0.05, 0.1) is 16.5 Å². The first-order chi connectivity index (χ1) is 14.3. The highest BCUT2D eigenvalue weighted by Crippen LogP contribution is 2.35. The molecule has 1 aliphatic heterocycles. The number of halogens is 2. The summed E-state index contributed by atoms with van der Waals surface area (Å²) in [7, 11) is 1.21. The number of amides is 2. The van der Waals surface area contributed by atoms with E-state index in [0.29, 0.717) is 17.9 Å². The van der Waals surface area contributed by atoms with Crippen LogP contribution in [0.15, 0.2) is 56.3 Å². The summed E-state index contributed by atoms with van der Waals surface area (Å²) in [6.07, 6.45) is 1.61. The van der Waals surface area contributed by atoms with Gasteiger partial charge in [-0.2, -0.15) is 0 Å². The first kappa shape index (κ1) is 22.6. The summed E-state index contributed by atoms with van der Waals surface area (Å²) in [5.41, 5.74) is 1.75. The number of carbonyl (C=O) groups is 3. The number of nitrogens with zero attached hydrogens (tertiary/aromatic N) is 1. The van der Waals surface area contributed by atoms with Crippen LogP contribution < -0.4 is 4.74 Å². The second-order valence-electron chi connectivity index (χ2n) is 6.36. The predicted octanol–water partition coefficient (Wildman–Crippen LogP) is 5.39. The Kier molecular flexibility index (Phi) is 7.38. The Balaban J connectivity index is 1.72. The van der Waals surface area contributed by atoms with Gasteiger partial charge in [0.15, 0.2) is 0 Å². The van der Waals surface area contributed by atoms with Crippen LogP contribution in [0.25, 0.3) is 6.08 Å². The van der Waals surface area contributed by atoms with Crippen molar-refractivity contribution < 1.29 is 23.9 Å². The highest BCUT2D eigenvalue weighted by molar-refractivity contribution is 9.10. The van der Waals surface area contributed by atoms with Gasteiger partial charge in [-0.1, -0.05) is 34.1 Å². The Morgan fingerprint density at radius 2 is 1.87 bits per heavy atom. The fourth-order valence-electron chi connectivity index (χ4n) is 2.71. The molecule has 0 N–H and O–H groups in total. The third-order valence-electron chi connectivity index (χ3n) is 4.31. The van der Waals surface area contributed by atoms with Crippen LogP contribution in [-0.4, -0.2) is 35.2 Å². The van der Waals surface area contributed by atoms with Crippen molar-refractivity contribution in [3.05, 3.63) is 67.4 Å². The number of thioether (sulfide) groups is 1. The molecule has 0 unspecified atom stereocenters. The lowest BCUT2D eigenvalue weighted by Crippen LogP contribution is -2.42. The maximum Gasteiger partial charge on any atom is 0.328 e. The standard InChI is InChI=1S/C21H17Br2NO5S/c1-12(20(26)28-2)24-19(25)18(30-21(24)27)10-14-5-8-17(16(23)9-14)29-11-13-3-6-15(22)7-4-13/h3-10,12H,11H2,1-2H3/b18-10+/t12-/m0/s1. The SMILES string of the molecule is COC(=O)[C@H](C)N1C(=O)S/C(=C/c2ccc(OCc3ccc(Br)cc3)c(Br)c2)C1=O. The van der Waals surface area contributed by atoms with Crippen molar-refractivity contribution in [2.24, 2.45) is 0 Å². The second-order valence-corrected chi connectivity index (χ2v) is 9.12. The van der Waals surface area contributed by atoms with Gasteiger partial charge >= 0.3 is 5.97 Å². The summed E-state index contributed by atoms with van der Waals surface area (Å²) >= 11 is 7.67. The number of hydrogen-bond donors (Lipinski definition) is 0. The van der Waals surface area contributed by atoms with Gasteiger partial charge in [-0.3, -0.25) is 14.5 Å². The van der Waals surface area contributed by atoms with Gasteiger partial charge in [-0.15, -0.1) is 0 Å². The van der Waals surface area contributed by atoms with Crippen LogP contribution in [-0.2, 0) is 20.9 Å². The average Bonchev–Trinajstić information content (AvgIpc) is 3.00. The van der Waals surface area contributed by atoms with E-state index in [1.54, 1.807) is 24.3 Å². The molecule has 0 aromatic heterocycles. The molecule has 6 nitrogen and oxygen atoms in total.